The molecule has 3 heteroatoms. The van der Waals surface area contributed by atoms with Crippen molar-refractivity contribution in [1.82, 2.24) is 9.80 Å². The average Bonchev–Trinajstić information content (AvgIpc) is 2.16. The van der Waals surface area contributed by atoms with Gasteiger partial charge in [0, 0.05) is 39.8 Å². The highest BCUT2D eigenvalue weighted by Crippen LogP contribution is 2.09. The summed E-state index contributed by atoms with van der Waals surface area (Å²) in [6.07, 6.45) is 0.387. The Bertz CT molecular complexity index is 153. The molecule has 0 saturated carbocycles. The predicted octanol–water partition coefficient (Wildman–Crippen LogP) is 0.905. The first-order valence-electron chi connectivity index (χ1n) is 5.57. The summed E-state index contributed by atoms with van der Waals surface area (Å²) in [6.45, 7) is 10.3. The Morgan fingerprint density at radius 1 is 1.14 bits per heavy atom. The molecule has 0 radical (unpaired) electrons. The highest BCUT2D eigenvalue weighted by atomic mass is 16.5. The zero-order chi connectivity index (χ0) is 10.6. The molecule has 84 valence electrons. The highest BCUT2D eigenvalue weighted by molar-refractivity contribution is 4.74. The van der Waals surface area contributed by atoms with Crippen LogP contribution in [-0.4, -0.2) is 62.8 Å². The normalized spacial score (nSPS) is 22.9. The maximum absolute atomic E-state index is 5.49. The Morgan fingerprint density at radius 3 is 2.14 bits per heavy atom. The van der Waals surface area contributed by atoms with Crippen LogP contribution in [0.2, 0.25) is 0 Å². The van der Waals surface area contributed by atoms with Crippen molar-refractivity contribution < 1.29 is 4.74 Å². The first-order chi connectivity index (χ1) is 6.63. The van der Waals surface area contributed by atoms with E-state index in [9.17, 15) is 0 Å². The Labute approximate surface area is 88.0 Å². The summed E-state index contributed by atoms with van der Waals surface area (Å²) in [5.74, 6) is 0.611. The molecule has 14 heavy (non-hydrogen) atoms. The zero-order valence-corrected chi connectivity index (χ0v) is 9.99. The molecule has 0 aromatic heterocycles. The number of nitrogens with zero attached hydrogens (tertiary/aromatic N) is 2. The van der Waals surface area contributed by atoms with Crippen molar-refractivity contribution in [2.24, 2.45) is 5.92 Å². The molecule has 1 heterocycles. The van der Waals surface area contributed by atoms with E-state index < -0.39 is 0 Å². The van der Waals surface area contributed by atoms with Gasteiger partial charge in [-0.25, -0.2) is 0 Å². The number of piperazine rings is 1. The lowest BCUT2D eigenvalue weighted by atomic mass is 10.1. The molecule has 3 nitrogen and oxygen atoms in total. The Balaban J connectivity index is 2.29. The van der Waals surface area contributed by atoms with E-state index in [-0.39, 0.29) is 0 Å². The number of methoxy groups -OCH3 is 1. The maximum atomic E-state index is 5.49. The van der Waals surface area contributed by atoms with Crippen LogP contribution in [0.5, 0.6) is 0 Å². The largest absolute Gasteiger partial charge is 0.380 e. The van der Waals surface area contributed by atoms with Gasteiger partial charge >= 0.3 is 0 Å². The van der Waals surface area contributed by atoms with E-state index in [0.717, 1.165) is 6.54 Å². The number of hydrogen-bond acceptors (Lipinski definition) is 3. The van der Waals surface area contributed by atoms with Gasteiger partial charge < -0.3 is 9.64 Å². The summed E-state index contributed by atoms with van der Waals surface area (Å²) in [4.78, 5) is 4.89. The first kappa shape index (κ1) is 12.0. The Morgan fingerprint density at radius 2 is 1.71 bits per heavy atom. The fourth-order valence-corrected chi connectivity index (χ4v) is 1.84. The minimum Gasteiger partial charge on any atom is -0.380 e. The molecule has 0 N–H and O–H groups in total. The number of hydrogen-bond donors (Lipinski definition) is 0. The molecule has 1 unspecified atom stereocenters. The second-order valence-electron chi connectivity index (χ2n) is 4.62. The first-order valence-corrected chi connectivity index (χ1v) is 5.57. The lowest BCUT2D eigenvalue weighted by Crippen LogP contribution is -2.48. The van der Waals surface area contributed by atoms with Crippen LogP contribution in [0, 0.1) is 5.92 Å². The molecule has 1 fully saturated rings. The van der Waals surface area contributed by atoms with Crippen molar-refractivity contribution in [3.63, 3.8) is 0 Å². The Hall–Kier alpha value is -0.120. The number of likely N-dealkylation sites (N-methyl/N-ethyl adjacent to an activating group) is 1. The van der Waals surface area contributed by atoms with Crippen LogP contribution in [0.4, 0.5) is 0 Å². The third-order valence-corrected chi connectivity index (χ3v) is 3.08. The number of rotatable bonds is 4. The summed E-state index contributed by atoms with van der Waals surface area (Å²) < 4.78 is 5.49. The molecule has 1 aliphatic heterocycles. The molecule has 0 aromatic carbocycles. The Kier molecular flexibility index (Phi) is 4.85. The molecule has 0 bridgehead atoms. The minimum atomic E-state index is 0.387. The van der Waals surface area contributed by atoms with Gasteiger partial charge in [-0.05, 0) is 13.0 Å². The molecular formula is C11H24N2O. The van der Waals surface area contributed by atoms with Crippen molar-refractivity contribution in [1.29, 1.82) is 0 Å². The SMILES string of the molecule is COC(CN1CCN(C)CC1)C(C)C. The molecule has 1 saturated heterocycles. The summed E-state index contributed by atoms with van der Waals surface area (Å²) in [7, 11) is 4.01. The van der Waals surface area contributed by atoms with E-state index in [1.165, 1.54) is 26.2 Å². The van der Waals surface area contributed by atoms with Crippen molar-refractivity contribution >= 4 is 0 Å². The topological polar surface area (TPSA) is 15.7 Å². The van der Waals surface area contributed by atoms with Gasteiger partial charge in [0.1, 0.15) is 0 Å². The molecule has 0 aliphatic carbocycles. The fourth-order valence-electron chi connectivity index (χ4n) is 1.84. The van der Waals surface area contributed by atoms with Gasteiger partial charge in [0.05, 0.1) is 6.10 Å². The van der Waals surface area contributed by atoms with Gasteiger partial charge in [0.15, 0.2) is 0 Å². The smallest absolute Gasteiger partial charge is 0.0721 e. The lowest BCUT2D eigenvalue weighted by Gasteiger charge is -2.35. The molecule has 1 rings (SSSR count). The van der Waals surface area contributed by atoms with Gasteiger partial charge in [0.2, 0.25) is 0 Å². The molecule has 1 aliphatic rings. The lowest BCUT2D eigenvalue weighted by molar-refractivity contribution is 0.0202. The number of ether oxygens (including phenoxy) is 1. The second kappa shape index (κ2) is 5.69. The van der Waals surface area contributed by atoms with Crippen LogP contribution in [0.3, 0.4) is 0 Å². The van der Waals surface area contributed by atoms with Gasteiger partial charge in [0.25, 0.3) is 0 Å². The van der Waals surface area contributed by atoms with E-state index in [2.05, 4.69) is 30.7 Å². The molecular weight excluding hydrogens is 176 g/mol. The van der Waals surface area contributed by atoms with Crippen molar-refractivity contribution in [3.05, 3.63) is 0 Å². The predicted molar refractivity (Wildman–Crippen MR) is 59.6 cm³/mol. The minimum absolute atomic E-state index is 0.387. The van der Waals surface area contributed by atoms with E-state index in [0.29, 0.717) is 12.0 Å². The second-order valence-corrected chi connectivity index (χ2v) is 4.62. The van der Waals surface area contributed by atoms with Gasteiger partial charge in [-0.1, -0.05) is 13.8 Å². The van der Waals surface area contributed by atoms with Crippen LogP contribution in [-0.2, 0) is 4.74 Å². The van der Waals surface area contributed by atoms with Crippen molar-refractivity contribution in [2.45, 2.75) is 20.0 Å². The zero-order valence-electron chi connectivity index (χ0n) is 9.99. The molecule has 0 amide bonds. The van der Waals surface area contributed by atoms with Crippen LogP contribution in [0.25, 0.3) is 0 Å². The van der Waals surface area contributed by atoms with E-state index in [1.807, 2.05) is 7.11 Å². The van der Waals surface area contributed by atoms with Crippen molar-refractivity contribution in [3.8, 4) is 0 Å². The molecule has 0 spiro atoms. The highest BCUT2D eigenvalue weighted by Gasteiger charge is 2.19. The molecule has 1 atom stereocenters. The summed E-state index contributed by atoms with van der Waals surface area (Å²) in [5, 5.41) is 0. The maximum Gasteiger partial charge on any atom is 0.0721 e. The van der Waals surface area contributed by atoms with Crippen LogP contribution >= 0.6 is 0 Å². The average molecular weight is 200 g/mol. The van der Waals surface area contributed by atoms with Gasteiger partial charge in [-0.15, -0.1) is 0 Å². The van der Waals surface area contributed by atoms with Crippen LogP contribution in [0.1, 0.15) is 13.8 Å². The van der Waals surface area contributed by atoms with Crippen LogP contribution < -0.4 is 0 Å². The van der Waals surface area contributed by atoms with Gasteiger partial charge in [-0.3, -0.25) is 4.90 Å². The third-order valence-electron chi connectivity index (χ3n) is 3.08. The summed E-state index contributed by atoms with van der Waals surface area (Å²) >= 11 is 0. The van der Waals surface area contributed by atoms with Crippen LogP contribution in [0.15, 0.2) is 0 Å². The summed E-state index contributed by atoms with van der Waals surface area (Å²) in [6, 6.07) is 0. The monoisotopic (exact) mass is 200 g/mol. The third kappa shape index (κ3) is 3.56. The van der Waals surface area contributed by atoms with Gasteiger partial charge in [-0.2, -0.15) is 0 Å². The fraction of sp³-hybridized carbons (Fsp3) is 1.00. The van der Waals surface area contributed by atoms with E-state index >= 15 is 0 Å². The van der Waals surface area contributed by atoms with Crippen molar-refractivity contribution in [2.75, 3.05) is 46.9 Å². The van der Waals surface area contributed by atoms with E-state index in [4.69, 9.17) is 4.74 Å². The van der Waals surface area contributed by atoms with E-state index in [1.54, 1.807) is 0 Å². The summed E-state index contributed by atoms with van der Waals surface area (Å²) in [5.41, 5.74) is 0. The quantitative estimate of drug-likeness (QED) is 0.671. The standard InChI is InChI=1S/C11H24N2O/c1-10(2)11(14-4)9-13-7-5-12(3)6-8-13/h10-11H,5-9H2,1-4H3. The molecule has 0 aromatic rings.